The summed E-state index contributed by atoms with van der Waals surface area (Å²) >= 11 is 0. The van der Waals surface area contributed by atoms with E-state index in [0.29, 0.717) is 19.0 Å². The normalized spacial score (nSPS) is 13.2. The van der Waals surface area contributed by atoms with Gasteiger partial charge in [0, 0.05) is 24.4 Å². The predicted octanol–water partition coefficient (Wildman–Crippen LogP) is 3.06. The largest absolute Gasteiger partial charge is 0.501 e. The molecule has 0 aromatic heterocycles. The van der Waals surface area contributed by atoms with Crippen LogP contribution in [0.25, 0.3) is 0 Å². The molecular weight excluding hydrogens is 394 g/mol. The average Bonchev–Trinajstić information content (AvgIpc) is 2.56. The van der Waals surface area contributed by atoms with Gasteiger partial charge in [-0.15, -0.1) is 0 Å². The lowest BCUT2D eigenvalue weighted by atomic mass is 10.2. The Hall–Kier alpha value is -1.00. The number of hydrogen-bond donors (Lipinski definition) is 1. The Morgan fingerprint density at radius 3 is 1.72 bits per heavy atom. The summed E-state index contributed by atoms with van der Waals surface area (Å²) in [4.78, 5) is 23.9. The van der Waals surface area contributed by atoms with E-state index in [-0.39, 0.29) is 37.9 Å². The first-order valence-corrected chi connectivity index (χ1v) is 12.6. The second-order valence-corrected chi connectivity index (χ2v) is 10.1. The van der Waals surface area contributed by atoms with Crippen LogP contribution in [-0.4, -0.2) is 64.9 Å². The Kier molecular flexibility index (Phi) is 14.4. The third-order valence-corrected chi connectivity index (χ3v) is 7.00. The maximum absolute atomic E-state index is 12.2. The molecule has 0 rings (SSSR count). The van der Waals surface area contributed by atoms with Crippen molar-refractivity contribution in [3.05, 3.63) is 0 Å². The van der Waals surface area contributed by atoms with Gasteiger partial charge in [-0.1, -0.05) is 0 Å². The Morgan fingerprint density at radius 1 is 0.828 bits per heavy atom. The van der Waals surface area contributed by atoms with E-state index in [9.17, 15) is 9.59 Å². The van der Waals surface area contributed by atoms with Gasteiger partial charge in [0.05, 0.1) is 19.6 Å². The molecule has 0 radical (unpaired) electrons. The van der Waals surface area contributed by atoms with Crippen molar-refractivity contribution in [3.8, 4) is 0 Å². The van der Waals surface area contributed by atoms with Crippen LogP contribution in [0.5, 0.6) is 0 Å². The molecule has 0 saturated carbocycles. The monoisotopic (exact) mass is 435 g/mol. The van der Waals surface area contributed by atoms with Gasteiger partial charge in [0.25, 0.3) is 0 Å². The number of esters is 2. The van der Waals surface area contributed by atoms with Gasteiger partial charge in [0.15, 0.2) is 0 Å². The van der Waals surface area contributed by atoms with Gasteiger partial charge in [-0.25, -0.2) is 0 Å². The molecule has 29 heavy (non-hydrogen) atoms. The van der Waals surface area contributed by atoms with E-state index in [1.807, 2.05) is 41.5 Å². The molecule has 0 aliphatic carbocycles. The molecule has 0 fully saturated rings. The van der Waals surface area contributed by atoms with E-state index in [4.69, 9.17) is 22.8 Å². The summed E-state index contributed by atoms with van der Waals surface area (Å²) in [6, 6.07) is -0.142. The lowest BCUT2D eigenvalue weighted by Crippen LogP contribution is -2.51. The number of nitrogens with one attached hydrogen (secondary N) is 1. The highest BCUT2D eigenvalue weighted by Crippen LogP contribution is 2.23. The van der Waals surface area contributed by atoms with E-state index >= 15 is 0 Å². The molecule has 0 aliphatic heterocycles. The quantitative estimate of drug-likeness (QED) is 0.225. The second-order valence-electron chi connectivity index (χ2n) is 7.55. The van der Waals surface area contributed by atoms with Crippen LogP contribution in [0.4, 0.5) is 0 Å². The summed E-state index contributed by atoms with van der Waals surface area (Å²) in [6.07, 6.45) is 0.523. The molecular formula is C20H41NO7Si. The summed E-state index contributed by atoms with van der Waals surface area (Å²) in [5, 5.41) is 3.11. The number of carbonyl (C=O) groups is 2. The minimum Gasteiger partial charge on any atom is -0.466 e. The van der Waals surface area contributed by atoms with Crippen LogP contribution < -0.4 is 5.32 Å². The molecule has 0 aromatic rings. The Bertz CT molecular complexity index is 445. The van der Waals surface area contributed by atoms with E-state index in [1.165, 1.54) is 0 Å². The highest BCUT2D eigenvalue weighted by atomic mass is 28.4. The summed E-state index contributed by atoms with van der Waals surface area (Å²) in [5.74, 6) is -0.893. The molecule has 0 aromatic carbocycles. The number of ether oxygens (including phenoxy) is 2. The summed E-state index contributed by atoms with van der Waals surface area (Å²) < 4.78 is 28.5. The van der Waals surface area contributed by atoms with Crippen molar-refractivity contribution in [1.29, 1.82) is 0 Å². The maximum atomic E-state index is 12.2. The van der Waals surface area contributed by atoms with E-state index in [1.54, 1.807) is 13.8 Å². The van der Waals surface area contributed by atoms with Crippen LogP contribution >= 0.6 is 0 Å². The third-order valence-electron chi connectivity index (χ3n) is 3.54. The molecule has 172 valence electrons. The minimum absolute atomic E-state index is 0.0248. The highest BCUT2D eigenvalue weighted by Gasteiger charge is 2.43. The zero-order valence-corrected chi connectivity index (χ0v) is 20.4. The van der Waals surface area contributed by atoms with Gasteiger partial charge >= 0.3 is 20.7 Å². The summed E-state index contributed by atoms with van der Waals surface area (Å²) in [5.41, 5.74) is 0. The van der Waals surface area contributed by atoms with E-state index in [2.05, 4.69) is 5.32 Å². The number of hydrogen-bond acceptors (Lipinski definition) is 8. The van der Waals surface area contributed by atoms with Crippen molar-refractivity contribution in [2.75, 3.05) is 19.8 Å². The lowest BCUT2D eigenvalue weighted by molar-refractivity contribution is -0.152. The molecule has 0 bridgehead atoms. The fraction of sp³-hybridized carbons (Fsp3) is 0.900. The van der Waals surface area contributed by atoms with Crippen molar-refractivity contribution in [3.63, 3.8) is 0 Å². The zero-order chi connectivity index (χ0) is 22.4. The van der Waals surface area contributed by atoms with Crippen LogP contribution in [0.15, 0.2) is 0 Å². The zero-order valence-electron chi connectivity index (χ0n) is 19.4. The van der Waals surface area contributed by atoms with Crippen LogP contribution in [0.1, 0.15) is 68.2 Å². The molecule has 0 saturated heterocycles. The Labute approximate surface area is 177 Å². The number of rotatable bonds is 16. The molecule has 1 unspecified atom stereocenters. The van der Waals surface area contributed by atoms with Gasteiger partial charge in [0.1, 0.15) is 6.04 Å². The summed E-state index contributed by atoms with van der Waals surface area (Å²) in [7, 11) is -2.89. The van der Waals surface area contributed by atoms with Crippen molar-refractivity contribution < 1.29 is 32.3 Å². The SMILES string of the molecule is CCOC(=O)CC(NCCC[Si](OC(C)C)(OC(C)C)OC(C)C)C(=O)OCC. The smallest absolute Gasteiger partial charge is 0.466 e. The third kappa shape index (κ3) is 13.0. The fourth-order valence-electron chi connectivity index (χ4n) is 2.79. The van der Waals surface area contributed by atoms with Crippen molar-refractivity contribution in [2.45, 2.75) is 98.6 Å². The Morgan fingerprint density at radius 2 is 1.31 bits per heavy atom. The van der Waals surface area contributed by atoms with Gasteiger partial charge in [-0.2, -0.15) is 0 Å². The van der Waals surface area contributed by atoms with Crippen molar-refractivity contribution in [1.82, 2.24) is 5.32 Å². The van der Waals surface area contributed by atoms with Gasteiger partial charge in [0.2, 0.25) is 0 Å². The first-order valence-electron chi connectivity index (χ1n) is 10.6. The van der Waals surface area contributed by atoms with Crippen molar-refractivity contribution >= 4 is 20.7 Å². The van der Waals surface area contributed by atoms with Crippen LogP contribution in [0.3, 0.4) is 0 Å². The molecule has 0 amide bonds. The first kappa shape index (κ1) is 28.0. The molecule has 8 nitrogen and oxygen atoms in total. The molecule has 1 N–H and O–H groups in total. The maximum Gasteiger partial charge on any atom is 0.501 e. The minimum atomic E-state index is -2.89. The lowest BCUT2D eigenvalue weighted by Gasteiger charge is -2.34. The molecule has 9 heteroatoms. The molecule has 0 aliphatic rings. The standard InChI is InChI=1S/C20H41NO7Si/c1-9-24-19(22)14-18(20(23)25-10-2)21-12-11-13-29(26-15(3)4,27-16(5)6)28-17(7)8/h15-18,21H,9-14H2,1-8H3. The molecule has 0 spiro atoms. The van der Waals surface area contributed by atoms with E-state index in [0.717, 1.165) is 0 Å². The van der Waals surface area contributed by atoms with Gasteiger partial charge in [-0.3, -0.25) is 9.59 Å². The van der Waals surface area contributed by atoms with Crippen LogP contribution in [-0.2, 0) is 32.3 Å². The van der Waals surface area contributed by atoms with Gasteiger partial charge in [-0.05, 0) is 68.4 Å². The molecule has 0 heterocycles. The van der Waals surface area contributed by atoms with E-state index < -0.39 is 26.8 Å². The average molecular weight is 436 g/mol. The van der Waals surface area contributed by atoms with Crippen LogP contribution in [0.2, 0.25) is 6.04 Å². The predicted molar refractivity (Wildman–Crippen MR) is 114 cm³/mol. The number of carbonyl (C=O) groups excluding carboxylic acids is 2. The molecule has 1 atom stereocenters. The first-order chi connectivity index (χ1) is 13.5. The second kappa shape index (κ2) is 14.9. The summed E-state index contributed by atoms with van der Waals surface area (Å²) in [6.45, 7) is 16.2. The van der Waals surface area contributed by atoms with Crippen LogP contribution in [0, 0.1) is 0 Å². The fourth-order valence-corrected chi connectivity index (χ4v) is 6.07. The van der Waals surface area contributed by atoms with Gasteiger partial charge < -0.3 is 28.1 Å². The Balaban J connectivity index is 4.99. The topological polar surface area (TPSA) is 92.3 Å². The van der Waals surface area contributed by atoms with Crippen molar-refractivity contribution in [2.24, 2.45) is 0 Å². The highest BCUT2D eigenvalue weighted by molar-refractivity contribution is 6.60.